The number of aryl methyl sites for hydroxylation is 2. The molecule has 0 spiro atoms. The topological polar surface area (TPSA) is 57.5 Å². The fourth-order valence-electron chi connectivity index (χ4n) is 1.52. The highest BCUT2D eigenvalue weighted by Gasteiger charge is 2.22. The Labute approximate surface area is 96.7 Å². The maximum Gasteiger partial charge on any atom is 0.328 e. The minimum Gasteiger partial charge on any atom is -0.324 e. The molecule has 0 aliphatic carbocycles. The van der Waals surface area contributed by atoms with Crippen molar-refractivity contribution in [3.63, 3.8) is 0 Å². The quantitative estimate of drug-likeness (QED) is 0.780. The van der Waals surface area contributed by atoms with Crippen molar-refractivity contribution in [3.8, 4) is 0 Å². The van der Waals surface area contributed by atoms with Gasteiger partial charge in [-0.25, -0.2) is 0 Å². The van der Waals surface area contributed by atoms with Crippen LogP contribution in [0.3, 0.4) is 0 Å². The van der Waals surface area contributed by atoms with Crippen LogP contribution in [0, 0.1) is 6.92 Å². The summed E-state index contributed by atoms with van der Waals surface area (Å²) >= 11 is 0. The van der Waals surface area contributed by atoms with Crippen molar-refractivity contribution in [3.05, 3.63) is 35.4 Å². The maximum atomic E-state index is 10.9. The minimum atomic E-state index is -3.89. The van der Waals surface area contributed by atoms with E-state index < -0.39 is 13.3 Å². The van der Waals surface area contributed by atoms with Crippen molar-refractivity contribution in [1.82, 2.24) is 0 Å². The van der Waals surface area contributed by atoms with Crippen molar-refractivity contribution in [1.29, 1.82) is 0 Å². The van der Waals surface area contributed by atoms with E-state index in [1.54, 1.807) is 6.92 Å². The van der Waals surface area contributed by atoms with Crippen LogP contribution in [-0.4, -0.2) is 15.4 Å². The molecular formula is C12H19O3P. The standard InChI is InChI=1S/C12H19O3P/c1-10-6-8-12(9-7-10)5-3-4-11(2)16(13,14)15/h6-9,11H,3-5H2,1-2H3,(H2,13,14,15). The van der Waals surface area contributed by atoms with Gasteiger partial charge in [-0.15, -0.1) is 0 Å². The van der Waals surface area contributed by atoms with Crippen molar-refractivity contribution in [2.45, 2.75) is 38.8 Å². The number of benzene rings is 1. The number of rotatable bonds is 5. The van der Waals surface area contributed by atoms with Gasteiger partial charge in [0.05, 0.1) is 5.66 Å². The molecular weight excluding hydrogens is 223 g/mol. The van der Waals surface area contributed by atoms with Crippen LogP contribution in [-0.2, 0) is 11.0 Å². The van der Waals surface area contributed by atoms with Crippen molar-refractivity contribution in [2.24, 2.45) is 0 Å². The lowest BCUT2D eigenvalue weighted by Crippen LogP contribution is -2.03. The summed E-state index contributed by atoms with van der Waals surface area (Å²) in [6.45, 7) is 3.65. The van der Waals surface area contributed by atoms with E-state index in [0.717, 1.165) is 12.8 Å². The van der Waals surface area contributed by atoms with Crippen molar-refractivity contribution < 1.29 is 14.4 Å². The summed E-state index contributed by atoms with van der Waals surface area (Å²) < 4.78 is 10.9. The van der Waals surface area contributed by atoms with E-state index in [2.05, 4.69) is 24.3 Å². The van der Waals surface area contributed by atoms with Gasteiger partial charge in [-0.1, -0.05) is 36.8 Å². The molecule has 0 aliphatic heterocycles. The van der Waals surface area contributed by atoms with E-state index in [9.17, 15) is 4.57 Å². The third-order valence-corrected chi connectivity index (χ3v) is 4.19. The molecule has 0 heterocycles. The first-order valence-electron chi connectivity index (χ1n) is 5.50. The van der Waals surface area contributed by atoms with E-state index >= 15 is 0 Å². The van der Waals surface area contributed by atoms with Crippen LogP contribution in [0.1, 0.15) is 30.9 Å². The Balaban J connectivity index is 2.36. The Morgan fingerprint density at radius 1 is 1.25 bits per heavy atom. The Bertz CT molecular complexity index is 366. The summed E-state index contributed by atoms with van der Waals surface area (Å²) in [6.07, 6.45) is 2.26. The number of hydrogen-bond acceptors (Lipinski definition) is 1. The Morgan fingerprint density at radius 2 is 1.81 bits per heavy atom. The first-order chi connectivity index (χ1) is 7.39. The molecule has 16 heavy (non-hydrogen) atoms. The van der Waals surface area contributed by atoms with Crippen LogP contribution in [0.15, 0.2) is 24.3 Å². The lowest BCUT2D eigenvalue weighted by molar-refractivity contribution is 0.356. The van der Waals surface area contributed by atoms with Crippen LogP contribution in [0.5, 0.6) is 0 Å². The molecule has 90 valence electrons. The zero-order valence-electron chi connectivity index (χ0n) is 9.76. The highest BCUT2D eigenvalue weighted by molar-refractivity contribution is 7.52. The maximum absolute atomic E-state index is 10.9. The average Bonchev–Trinajstić information content (AvgIpc) is 2.19. The summed E-state index contributed by atoms with van der Waals surface area (Å²) in [5.74, 6) is 0. The highest BCUT2D eigenvalue weighted by atomic mass is 31.2. The van der Waals surface area contributed by atoms with Gasteiger partial charge in [0.2, 0.25) is 0 Å². The van der Waals surface area contributed by atoms with Crippen LogP contribution in [0.25, 0.3) is 0 Å². The van der Waals surface area contributed by atoms with Gasteiger partial charge < -0.3 is 9.79 Å². The molecule has 4 heteroatoms. The molecule has 0 bridgehead atoms. The predicted octanol–water partition coefficient (Wildman–Crippen LogP) is 2.88. The monoisotopic (exact) mass is 242 g/mol. The highest BCUT2D eigenvalue weighted by Crippen LogP contribution is 2.43. The molecule has 3 nitrogen and oxygen atoms in total. The Kier molecular flexibility index (Phi) is 4.72. The molecule has 0 aliphatic rings. The zero-order valence-corrected chi connectivity index (χ0v) is 10.7. The molecule has 1 rings (SSSR count). The lowest BCUT2D eigenvalue weighted by atomic mass is 10.1. The molecule has 0 amide bonds. The van der Waals surface area contributed by atoms with Crippen LogP contribution in [0.4, 0.5) is 0 Å². The van der Waals surface area contributed by atoms with Crippen molar-refractivity contribution >= 4 is 7.60 Å². The molecule has 0 fully saturated rings. The summed E-state index contributed by atoms with van der Waals surface area (Å²) in [5, 5.41) is 0. The third kappa shape index (κ3) is 4.48. The van der Waals surface area contributed by atoms with Gasteiger partial charge in [0, 0.05) is 0 Å². The fourth-order valence-corrected chi connectivity index (χ4v) is 2.04. The van der Waals surface area contributed by atoms with Crippen LogP contribution >= 0.6 is 7.60 Å². The molecule has 1 aromatic carbocycles. The molecule has 1 atom stereocenters. The average molecular weight is 242 g/mol. The van der Waals surface area contributed by atoms with Gasteiger partial charge in [-0.05, 0) is 31.7 Å². The van der Waals surface area contributed by atoms with Crippen LogP contribution in [0.2, 0.25) is 0 Å². The smallest absolute Gasteiger partial charge is 0.324 e. The van der Waals surface area contributed by atoms with Gasteiger partial charge in [-0.3, -0.25) is 4.57 Å². The summed E-state index contributed by atoms with van der Waals surface area (Å²) in [5.41, 5.74) is 1.92. The van der Waals surface area contributed by atoms with E-state index in [0.29, 0.717) is 6.42 Å². The Morgan fingerprint density at radius 3 is 2.31 bits per heavy atom. The van der Waals surface area contributed by atoms with E-state index in [1.165, 1.54) is 11.1 Å². The van der Waals surface area contributed by atoms with Gasteiger partial charge in [0.1, 0.15) is 0 Å². The second kappa shape index (κ2) is 5.62. The van der Waals surface area contributed by atoms with Gasteiger partial charge >= 0.3 is 7.60 Å². The largest absolute Gasteiger partial charge is 0.328 e. The van der Waals surface area contributed by atoms with Gasteiger partial charge in [0.25, 0.3) is 0 Å². The first-order valence-corrected chi connectivity index (χ1v) is 7.18. The molecule has 2 N–H and O–H groups in total. The van der Waals surface area contributed by atoms with E-state index in [-0.39, 0.29) is 0 Å². The molecule has 0 saturated heterocycles. The molecule has 0 radical (unpaired) electrons. The zero-order chi connectivity index (χ0) is 12.2. The second-order valence-electron chi connectivity index (χ2n) is 4.32. The lowest BCUT2D eigenvalue weighted by Gasteiger charge is -2.12. The Hall–Kier alpha value is -0.630. The molecule has 0 saturated carbocycles. The molecule has 1 unspecified atom stereocenters. The van der Waals surface area contributed by atoms with Crippen molar-refractivity contribution in [2.75, 3.05) is 0 Å². The first kappa shape index (κ1) is 13.4. The predicted molar refractivity (Wildman–Crippen MR) is 65.6 cm³/mol. The normalized spacial score (nSPS) is 13.8. The summed E-state index contributed by atoms with van der Waals surface area (Å²) in [7, 11) is -3.89. The van der Waals surface area contributed by atoms with E-state index in [4.69, 9.17) is 9.79 Å². The van der Waals surface area contributed by atoms with Crippen LogP contribution < -0.4 is 0 Å². The summed E-state index contributed by atoms with van der Waals surface area (Å²) in [6, 6.07) is 8.25. The SMILES string of the molecule is Cc1ccc(CCCC(C)P(=O)(O)O)cc1. The fraction of sp³-hybridized carbons (Fsp3) is 0.500. The second-order valence-corrected chi connectivity index (χ2v) is 6.38. The number of hydrogen-bond donors (Lipinski definition) is 2. The summed E-state index contributed by atoms with van der Waals surface area (Å²) in [4.78, 5) is 17.9. The van der Waals surface area contributed by atoms with Gasteiger partial charge in [-0.2, -0.15) is 0 Å². The van der Waals surface area contributed by atoms with E-state index in [1.807, 2.05) is 6.92 Å². The van der Waals surface area contributed by atoms with Gasteiger partial charge in [0.15, 0.2) is 0 Å². The molecule has 1 aromatic rings. The minimum absolute atomic E-state index is 0.530. The molecule has 0 aromatic heterocycles. The third-order valence-electron chi connectivity index (χ3n) is 2.78.